The summed E-state index contributed by atoms with van der Waals surface area (Å²) < 4.78 is 29.8. The van der Waals surface area contributed by atoms with Crippen LogP contribution in [0.3, 0.4) is 0 Å². The molecule has 1 aliphatic carbocycles. The minimum absolute atomic E-state index is 0.0577. The molecule has 0 aromatic carbocycles. The number of carboxylic acid groups (broad SMARTS) is 1. The summed E-state index contributed by atoms with van der Waals surface area (Å²) in [5.74, 6) is -9.32. The van der Waals surface area contributed by atoms with Gasteiger partial charge in [-0.05, 0) is 102 Å². The maximum atomic E-state index is 14.4. The van der Waals surface area contributed by atoms with Crippen molar-refractivity contribution in [3.63, 3.8) is 0 Å². The van der Waals surface area contributed by atoms with E-state index in [0.717, 1.165) is 12.0 Å². The highest BCUT2D eigenvalue weighted by Gasteiger charge is 2.56. The van der Waals surface area contributed by atoms with Gasteiger partial charge in [-0.1, -0.05) is 39.3 Å². The molecule has 3 fully saturated rings. The number of ketones is 2. The highest BCUT2D eigenvalue weighted by atomic mass is 16.7. The quantitative estimate of drug-likeness (QED) is 0.136. The molecule has 2 saturated heterocycles. The van der Waals surface area contributed by atoms with Crippen molar-refractivity contribution in [3.05, 3.63) is 11.6 Å². The molecule has 0 spiro atoms. The maximum absolute atomic E-state index is 14.4. The molecule has 1 saturated carbocycles. The minimum atomic E-state index is -2.54. The molecular weight excluding hydrogens is 778 g/mol. The largest absolute Gasteiger partial charge is 0.481 e. The fourth-order valence-corrected chi connectivity index (χ4v) is 10.2. The van der Waals surface area contributed by atoms with Crippen LogP contribution in [0.5, 0.6) is 0 Å². The molecule has 60 heavy (non-hydrogen) atoms. The summed E-state index contributed by atoms with van der Waals surface area (Å²) in [6.45, 7) is 9.23. The van der Waals surface area contributed by atoms with E-state index in [1.807, 2.05) is 26.8 Å². The van der Waals surface area contributed by atoms with Crippen molar-refractivity contribution in [2.24, 2.45) is 35.5 Å². The number of fused-ring (bicyclic) bond motifs is 3. The second kappa shape index (κ2) is 22.5. The van der Waals surface area contributed by atoms with Gasteiger partial charge in [-0.25, -0.2) is 4.79 Å². The van der Waals surface area contributed by atoms with Gasteiger partial charge in [-0.15, -0.1) is 0 Å². The Bertz CT molecular complexity index is 1500. The number of methoxy groups -OCH3 is 3. The molecular formula is C45H73NO14. The molecule has 0 radical (unpaired) electrons. The molecule has 15 heteroatoms. The second-order valence-electron chi connectivity index (χ2n) is 18.5. The number of piperidine rings is 1. The molecule has 4 N–H and O–H groups in total. The number of hydrogen-bond donors (Lipinski definition) is 4. The lowest BCUT2D eigenvalue weighted by atomic mass is 9.76. The summed E-state index contributed by atoms with van der Waals surface area (Å²) in [6.07, 6.45) is 1.54. The molecule has 0 aromatic rings. The predicted molar refractivity (Wildman–Crippen MR) is 219 cm³/mol. The normalized spacial score (nSPS) is 39.8. The van der Waals surface area contributed by atoms with Crippen molar-refractivity contribution in [1.82, 2.24) is 4.90 Å². The molecule has 15 atom stereocenters. The number of carbonyl (C=O) groups is 5. The van der Waals surface area contributed by atoms with E-state index in [-0.39, 0.29) is 74.7 Å². The van der Waals surface area contributed by atoms with Gasteiger partial charge < -0.3 is 49.0 Å². The van der Waals surface area contributed by atoms with Crippen LogP contribution in [0.4, 0.5) is 0 Å². The zero-order valence-electron chi connectivity index (χ0n) is 37.1. The van der Waals surface area contributed by atoms with E-state index < -0.39 is 89.8 Å². The Morgan fingerprint density at radius 2 is 1.58 bits per heavy atom. The predicted octanol–water partition coefficient (Wildman–Crippen LogP) is 4.40. The van der Waals surface area contributed by atoms with Crippen molar-refractivity contribution in [1.29, 1.82) is 0 Å². The molecule has 2 bridgehead atoms. The van der Waals surface area contributed by atoms with Crippen molar-refractivity contribution >= 4 is 29.4 Å². The lowest BCUT2D eigenvalue weighted by Gasteiger charge is -2.47. The number of hydrogen-bond acceptors (Lipinski definition) is 13. The first-order valence-electron chi connectivity index (χ1n) is 22.2. The Morgan fingerprint density at radius 3 is 2.23 bits per heavy atom. The fraction of sp³-hybridized carbons (Fsp3) is 0.844. The number of rotatable bonds is 10. The third-order valence-electron chi connectivity index (χ3n) is 13.8. The lowest BCUT2D eigenvalue weighted by molar-refractivity contribution is -0.302. The highest BCUT2D eigenvalue weighted by Crippen LogP contribution is 2.40. The number of Topliss-reactive ketones (excluding diaryl/α,β-unsaturated/α-hetero) is 2. The van der Waals surface area contributed by atoms with Crippen molar-refractivity contribution < 1.29 is 68.1 Å². The lowest BCUT2D eigenvalue weighted by Crippen LogP contribution is -2.64. The topological polar surface area (TPSA) is 216 Å². The highest BCUT2D eigenvalue weighted by molar-refractivity contribution is 6.39. The molecule has 342 valence electrons. The maximum Gasteiger partial charge on any atom is 0.329 e. The molecule has 3 aliphatic heterocycles. The van der Waals surface area contributed by atoms with Crippen LogP contribution in [0.2, 0.25) is 0 Å². The van der Waals surface area contributed by atoms with Gasteiger partial charge in [0.15, 0.2) is 0 Å². The first-order chi connectivity index (χ1) is 28.3. The average molecular weight is 852 g/mol. The molecule has 15 nitrogen and oxygen atoms in total. The van der Waals surface area contributed by atoms with Crippen molar-refractivity contribution in [2.45, 2.75) is 179 Å². The molecule has 4 rings (SSSR count). The van der Waals surface area contributed by atoms with Crippen LogP contribution >= 0.6 is 0 Å². The number of nitrogens with zero attached hydrogens (tertiary/aromatic N) is 1. The van der Waals surface area contributed by atoms with Crippen LogP contribution in [-0.4, -0.2) is 137 Å². The van der Waals surface area contributed by atoms with Crippen molar-refractivity contribution in [3.8, 4) is 0 Å². The standard InChI is InChI=1S/C45H73NO14/c1-25-18-26(2)20-37(57-7)41-38(58-8)22-28(4)45(55,60-41)42(52)43(53)46-17-10-9-13-32(46)44(54)59-40(27(3)21-30-15-16-33(47)36(23-30)56-6)29(5)34(48)24-35(49)31(19-25)12-11-14-39(50)51/h19,26-34,36-38,40-41,47-48,55H,9-18,20-24H2,1-8H3,(H,50,51)/b25-19+/t26-,27?,28+,29+,30-,31+,32-,33+,34-,36+,37-,38-,40+,41+,45+/m0/s1. The molecule has 1 amide bonds. The van der Waals surface area contributed by atoms with E-state index in [9.17, 15) is 44.4 Å². The van der Waals surface area contributed by atoms with Crippen LogP contribution in [0.15, 0.2) is 11.6 Å². The first-order valence-corrected chi connectivity index (χ1v) is 22.2. The number of aliphatic hydroxyl groups is 3. The van der Waals surface area contributed by atoms with Crippen LogP contribution in [-0.2, 0) is 47.7 Å². The summed E-state index contributed by atoms with van der Waals surface area (Å²) in [4.78, 5) is 69.6. The van der Waals surface area contributed by atoms with Gasteiger partial charge >= 0.3 is 11.9 Å². The van der Waals surface area contributed by atoms with Gasteiger partial charge in [0.2, 0.25) is 5.79 Å². The number of cyclic esters (lactones) is 1. The van der Waals surface area contributed by atoms with Crippen LogP contribution < -0.4 is 0 Å². The number of amides is 1. The van der Waals surface area contributed by atoms with E-state index >= 15 is 0 Å². The molecule has 3 heterocycles. The number of esters is 1. The zero-order valence-corrected chi connectivity index (χ0v) is 37.1. The summed E-state index contributed by atoms with van der Waals surface area (Å²) in [5, 5.41) is 43.7. The van der Waals surface area contributed by atoms with Gasteiger partial charge in [-0.3, -0.25) is 19.2 Å². The van der Waals surface area contributed by atoms with Crippen LogP contribution in [0.1, 0.15) is 125 Å². The number of aliphatic carboxylic acids is 1. The smallest absolute Gasteiger partial charge is 0.329 e. The Morgan fingerprint density at radius 1 is 0.917 bits per heavy atom. The number of ether oxygens (including phenoxy) is 5. The van der Waals surface area contributed by atoms with E-state index in [1.165, 1.54) is 19.1 Å². The zero-order chi connectivity index (χ0) is 44.5. The fourth-order valence-electron chi connectivity index (χ4n) is 10.2. The second-order valence-corrected chi connectivity index (χ2v) is 18.5. The third kappa shape index (κ3) is 12.4. The number of allylic oxidation sites excluding steroid dienone is 2. The Balaban J connectivity index is 1.76. The van der Waals surface area contributed by atoms with E-state index in [2.05, 4.69) is 0 Å². The summed E-state index contributed by atoms with van der Waals surface area (Å²) >= 11 is 0. The SMILES string of the molecule is CO[C@H]1C[C@@H](C)C/C(C)=C/[C@@H](CCCC(=O)O)C(=O)C[C@H](O)[C@@H](C)[C@@H](C(C)C[C@@H]2CC[C@@H](O)[C@H](OC)C2)OC(=O)[C@@H]2CCCCN2C(=O)C(=O)[C@]2(O)O[C@H]1[C@@H](OC)C[C@H]2C. The van der Waals surface area contributed by atoms with Gasteiger partial charge in [-0.2, -0.15) is 0 Å². The molecule has 4 aliphatic rings. The number of aliphatic hydroxyl groups excluding tert-OH is 2. The Labute approximate surface area is 355 Å². The first kappa shape index (κ1) is 49.9. The number of carboxylic acids is 1. The number of carbonyl (C=O) groups excluding carboxylic acids is 4. The van der Waals surface area contributed by atoms with E-state index in [4.69, 9.17) is 23.7 Å². The molecule has 0 aromatic heterocycles. The summed E-state index contributed by atoms with van der Waals surface area (Å²) in [7, 11) is 4.57. The monoisotopic (exact) mass is 852 g/mol. The van der Waals surface area contributed by atoms with Gasteiger partial charge in [0.25, 0.3) is 11.7 Å². The minimum Gasteiger partial charge on any atom is -0.481 e. The summed E-state index contributed by atoms with van der Waals surface area (Å²) in [5.41, 5.74) is 0.877. The van der Waals surface area contributed by atoms with E-state index in [0.29, 0.717) is 44.9 Å². The Kier molecular flexibility index (Phi) is 18.7. The van der Waals surface area contributed by atoms with Gasteiger partial charge in [0.05, 0.1) is 30.5 Å². The van der Waals surface area contributed by atoms with E-state index in [1.54, 1.807) is 21.0 Å². The van der Waals surface area contributed by atoms with Crippen LogP contribution in [0.25, 0.3) is 0 Å². The summed E-state index contributed by atoms with van der Waals surface area (Å²) in [6, 6.07) is -1.16. The van der Waals surface area contributed by atoms with Gasteiger partial charge in [0.1, 0.15) is 24.0 Å². The third-order valence-corrected chi connectivity index (χ3v) is 13.8. The van der Waals surface area contributed by atoms with Crippen molar-refractivity contribution in [2.75, 3.05) is 27.9 Å². The Hall–Kier alpha value is -2.79. The van der Waals surface area contributed by atoms with Gasteiger partial charge in [0, 0.05) is 58.5 Å². The molecule has 1 unspecified atom stereocenters. The average Bonchev–Trinajstić information content (AvgIpc) is 3.21. The van der Waals surface area contributed by atoms with Crippen LogP contribution in [0, 0.1) is 35.5 Å².